The summed E-state index contributed by atoms with van der Waals surface area (Å²) in [6, 6.07) is 7.44. The van der Waals surface area contributed by atoms with Crippen molar-refractivity contribution in [3.05, 3.63) is 24.3 Å². The Morgan fingerprint density at radius 3 is 2.23 bits per heavy atom. The first-order valence-electron chi connectivity index (χ1n) is 4.13. The Morgan fingerprint density at radius 2 is 1.77 bits per heavy atom. The molecule has 72 valence electrons. The molecule has 0 radical (unpaired) electrons. The molecule has 1 atom stereocenters. The van der Waals surface area contributed by atoms with E-state index in [0.29, 0.717) is 5.88 Å². The van der Waals surface area contributed by atoms with Gasteiger partial charge in [-0.3, -0.25) is 0 Å². The summed E-state index contributed by atoms with van der Waals surface area (Å²) >= 11 is 5.61. The maximum absolute atomic E-state index is 5.61. The molecule has 0 aliphatic carbocycles. The van der Waals surface area contributed by atoms with Crippen molar-refractivity contribution in [3.63, 3.8) is 0 Å². The van der Waals surface area contributed by atoms with Crippen LogP contribution in [0.4, 0.5) is 0 Å². The topological polar surface area (TPSA) is 18.5 Å². The van der Waals surface area contributed by atoms with E-state index in [1.165, 1.54) is 0 Å². The van der Waals surface area contributed by atoms with Crippen LogP contribution in [0.1, 0.15) is 6.92 Å². The maximum atomic E-state index is 5.61. The lowest BCUT2D eigenvalue weighted by atomic mass is 10.3. The van der Waals surface area contributed by atoms with Crippen molar-refractivity contribution in [1.29, 1.82) is 0 Å². The maximum Gasteiger partial charge on any atom is 0.120 e. The lowest BCUT2D eigenvalue weighted by molar-refractivity contribution is 0.245. The van der Waals surface area contributed by atoms with Crippen LogP contribution in [0, 0.1) is 0 Å². The molecule has 0 saturated carbocycles. The van der Waals surface area contributed by atoms with E-state index >= 15 is 0 Å². The van der Waals surface area contributed by atoms with Gasteiger partial charge in [0.25, 0.3) is 0 Å². The SMILES string of the molecule is COc1ccc(OC(C)CCl)cc1. The van der Waals surface area contributed by atoms with Gasteiger partial charge in [0.1, 0.15) is 17.6 Å². The molecule has 0 bridgehead atoms. The monoisotopic (exact) mass is 200 g/mol. The number of alkyl halides is 1. The summed E-state index contributed by atoms with van der Waals surface area (Å²) in [6.07, 6.45) is 0.0371. The molecule has 0 aromatic heterocycles. The van der Waals surface area contributed by atoms with Crippen LogP contribution in [-0.2, 0) is 0 Å². The molecule has 0 amide bonds. The molecule has 2 nitrogen and oxygen atoms in total. The smallest absolute Gasteiger partial charge is 0.120 e. The largest absolute Gasteiger partial charge is 0.497 e. The van der Waals surface area contributed by atoms with Crippen LogP contribution >= 0.6 is 11.6 Å². The Kier molecular flexibility index (Phi) is 3.90. The van der Waals surface area contributed by atoms with Crippen molar-refractivity contribution in [2.45, 2.75) is 13.0 Å². The van der Waals surface area contributed by atoms with Gasteiger partial charge in [0.15, 0.2) is 0 Å². The fraction of sp³-hybridized carbons (Fsp3) is 0.400. The molecular weight excluding hydrogens is 188 g/mol. The van der Waals surface area contributed by atoms with Crippen LogP contribution in [0.15, 0.2) is 24.3 Å². The minimum Gasteiger partial charge on any atom is -0.497 e. The number of hydrogen-bond donors (Lipinski definition) is 0. The minimum absolute atomic E-state index is 0.0371. The van der Waals surface area contributed by atoms with Gasteiger partial charge in [-0.05, 0) is 31.2 Å². The summed E-state index contributed by atoms with van der Waals surface area (Å²) < 4.78 is 10.5. The van der Waals surface area contributed by atoms with E-state index in [1.807, 2.05) is 31.2 Å². The first-order valence-corrected chi connectivity index (χ1v) is 4.66. The second-order valence-electron chi connectivity index (χ2n) is 2.76. The van der Waals surface area contributed by atoms with Crippen LogP contribution in [0.5, 0.6) is 11.5 Å². The highest BCUT2D eigenvalue weighted by atomic mass is 35.5. The van der Waals surface area contributed by atoms with Gasteiger partial charge in [-0.1, -0.05) is 0 Å². The van der Waals surface area contributed by atoms with Crippen LogP contribution < -0.4 is 9.47 Å². The van der Waals surface area contributed by atoms with Crippen LogP contribution in [-0.4, -0.2) is 19.1 Å². The average molecular weight is 201 g/mol. The predicted molar refractivity (Wildman–Crippen MR) is 53.8 cm³/mol. The average Bonchev–Trinajstić information content (AvgIpc) is 2.19. The number of rotatable bonds is 4. The van der Waals surface area contributed by atoms with E-state index in [0.717, 1.165) is 11.5 Å². The van der Waals surface area contributed by atoms with E-state index in [4.69, 9.17) is 21.1 Å². The van der Waals surface area contributed by atoms with Crippen molar-refractivity contribution in [3.8, 4) is 11.5 Å². The molecule has 0 heterocycles. The van der Waals surface area contributed by atoms with Crippen molar-refractivity contribution in [2.24, 2.45) is 0 Å². The molecule has 0 aliphatic rings. The number of benzene rings is 1. The highest BCUT2D eigenvalue weighted by Gasteiger charge is 2.01. The highest BCUT2D eigenvalue weighted by molar-refractivity contribution is 6.18. The van der Waals surface area contributed by atoms with Gasteiger partial charge < -0.3 is 9.47 Å². The molecule has 1 unspecified atom stereocenters. The highest BCUT2D eigenvalue weighted by Crippen LogP contribution is 2.18. The van der Waals surface area contributed by atoms with Gasteiger partial charge in [-0.15, -0.1) is 11.6 Å². The molecule has 0 spiro atoms. The third-order valence-corrected chi connectivity index (χ3v) is 2.05. The second-order valence-corrected chi connectivity index (χ2v) is 3.07. The summed E-state index contributed by atoms with van der Waals surface area (Å²) in [6.45, 7) is 1.93. The van der Waals surface area contributed by atoms with E-state index in [2.05, 4.69) is 0 Å². The molecule has 0 fully saturated rings. The number of methoxy groups -OCH3 is 1. The van der Waals surface area contributed by atoms with Crippen molar-refractivity contribution in [2.75, 3.05) is 13.0 Å². The molecule has 1 rings (SSSR count). The van der Waals surface area contributed by atoms with E-state index in [-0.39, 0.29) is 6.10 Å². The summed E-state index contributed by atoms with van der Waals surface area (Å²) in [7, 11) is 1.64. The lowest BCUT2D eigenvalue weighted by Crippen LogP contribution is -2.12. The Bertz CT molecular complexity index is 246. The Hall–Kier alpha value is -0.890. The Balaban J connectivity index is 2.58. The summed E-state index contributed by atoms with van der Waals surface area (Å²) in [5.74, 6) is 2.13. The fourth-order valence-electron chi connectivity index (χ4n) is 0.918. The van der Waals surface area contributed by atoms with Crippen molar-refractivity contribution in [1.82, 2.24) is 0 Å². The van der Waals surface area contributed by atoms with Crippen LogP contribution in [0.3, 0.4) is 0 Å². The van der Waals surface area contributed by atoms with Crippen LogP contribution in [0.2, 0.25) is 0 Å². The molecule has 0 N–H and O–H groups in total. The summed E-state index contributed by atoms with van der Waals surface area (Å²) in [5.41, 5.74) is 0. The minimum atomic E-state index is 0.0371. The van der Waals surface area contributed by atoms with Gasteiger partial charge in [-0.25, -0.2) is 0 Å². The number of ether oxygens (including phenoxy) is 2. The molecule has 1 aromatic rings. The predicted octanol–water partition coefficient (Wildman–Crippen LogP) is 2.70. The van der Waals surface area contributed by atoms with E-state index in [1.54, 1.807) is 7.11 Å². The van der Waals surface area contributed by atoms with Crippen LogP contribution in [0.25, 0.3) is 0 Å². The van der Waals surface area contributed by atoms with Gasteiger partial charge in [-0.2, -0.15) is 0 Å². The Morgan fingerprint density at radius 1 is 1.23 bits per heavy atom. The molecule has 3 heteroatoms. The molecule has 13 heavy (non-hydrogen) atoms. The van der Waals surface area contributed by atoms with Gasteiger partial charge in [0, 0.05) is 0 Å². The third-order valence-electron chi connectivity index (χ3n) is 1.61. The number of hydrogen-bond acceptors (Lipinski definition) is 2. The zero-order valence-electron chi connectivity index (χ0n) is 7.79. The Labute approximate surface area is 83.4 Å². The van der Waals surface area contributed by atoms with Crippen molar-refractivity contribution < 1.29 is 9.47 Å². The van der Waals surface area contributed by atoms with E-state index < -0.39 is 0 Å². The zero-order chi connectivity index (χ0) is 9.68. The van der Waals surface area contributed by atoms with Crippen molar-refractivity contribution >= 4 is 11.6 Å². The standard InChI is InChI=1S/C10H13ClO2/c1-8(7-11)13-10-5-3-9(12-2)4-6-10/h3-6,8H,7H2,1-2H3. The fourth-order valence-corrected chi connectivity index (χ4v) is 0.981. The molecule has 0 saturated heterocycles. The van der Waals surface area contributed by atoms with E-state index in [9.17, 15) is 0 Å². The summed E-state index contributed by atoms with van der Waals surface area (Å²) in [5, 5.41) is 0. The molecular formula is C10H13ClO2. The normalized spacial score (nSPS) is 12.2. The van der Waals surface area contributed by atoms with Gasteiger partial charge >= 0.3 is 0 Å². The second kappa shape index (κ2) is 4.97. The first-order chi connectivity index (χ1) is 6.26. The number of halogens is 1. The van der Waals surface area contributed by atoms with Gasteiger partial charge in [0.05, 0.1) is 13.0 Å². The zero-order valence-corrected chi connectivity index (χ0v) is 8.54. The lowest BCUT2D eigenvalue weighted by Gasteiger charge is -2.11. The molecule has 0 aliphatic heterocycles. The molecule has 1 aromatic carbocycles. The summed E-state index contributed by atoms with van der Waals surface area (Å²) in [4.78, 5) is 0. The quantitative estimate of drug-likeness (QED) is 0.696. The first kappa shape index (κ1) is 10.2. The van der Waals surface area contributed by atoms with Gasteiger partial charge in [0.2, 0.25) is 0 Å². The third kappa shape index (κ3) is 3.15.